The van der Waals surface area contributed by atoms with E-state index in [0.29, 0.717) is 29.7 Å². The number of carbonyl (C=O) groups excluding carboxylic acids is 1. The van der Waals surface area contributed by atoms with Crippen LogP contribution in [0.2, 0.25) is 0 Å². The molecule has 0 spiro atoms. The van der Waals surface area contributed by atoms with E-state index in [1.165, 1.54) is 0 Å². The molecule has 1 aromatic heterocycles. The Morgan fingerprint density at radius 3 is 2.50 bits per heavy atom. The minimum Gasteiger partial charge on any atom is -0.494 e. The number of aryl methyl sites for hydroxylation is 2. The maximum atomic E-state index is 13.8. The SMILES string of the molecule is CCCCCOc1cccc(C2c3c(oc4cc(C)cc(C)c4c3=O)C(=O)N2CCCCC)c1. The van der Waals surface area contributed by atoms with Gasteiger partial charge in [0, 0.05) is 6.54 Å². The predicted molar refractivity (Wildman–Crippen MR) is 136 cm³/mol. The van der Waals surface area contributed by atoms with Gasteiger partial charge in [-0.2, -0.15) is 0 Å². The fourth-order valence-electron chi connectivity index (χ4n) is 4.94. The summed E-state index contributed by atoms with van der Waals surface area (Å²) in [6.45, 7) is 9.43. The van der Waals surface area contributed by atoms with Crippen LogP contribution >= 0.6 is 0 Å². The highest BCUT2D eigenvalue weighted by Crippen LogP contribution is 2.39. The van der Waals surface area contributed by atoms with Gasteiger partial charge in [0.05, 0.1) is 23.6 Å². The third kappa shape index (κ3) is 4.61. The Bertz CT molecular complexity index is 1240. The quantitative estimate of drug-likeness (QED) is 0.315. The number of nitrogens with zero attached hydrogens (tertiary/aromatic N) is 1. The summed E-state index contributed by atoms with van der Waals surface area (Å²) in [5.74, 6) is 0.738. The van der Waals surface area contributed by atoms with Crippen LogP contribution in [-0.4, -0.2) is 24.0 Å². The molecular weight excluding hydrogens is 426 g/mol. The minimum atomic E-state index is -0.472. The van der Waals surface area contributed by atoms with Crippen molar-refractivity contribution in [1.29, 1.82) is 0 Å². The van der Waals surface area contributed by atoms with Crippen molar-refractivity contribution in [3.05, 3.63) is 74.6 Å². The van der Waals surface area contributed by atoms with E-state index in [1.807, 2.05) is 55.1 Å². The van der Waals surface area contributed by atoms with Crippen LogP contribution in [0.4, 0.5) is 0 Å². The Labute approximate surface area is 201 Å². The summed E-state index contributed by atoms with van der Waals surface area (Å²) in [6, 6.07) is 11.2. The van der Waals surface area contributed by atoms with E-state index < -0.39 is 6.04 Å². The second-order valence-corrected chi connectivity index (χ2v) is 9.37. The zero-order valence-electron chi connectivity index (χ0n) is 20.8. The maximum Gasteiger partial charge on any atom is 0.290 e. The number of hydrogen-bond donors (Lipinski definition) is 0. The van der Waals surface area contributed by atoms with Gasteiger partial charge in [0.1, 0.15) is 11.3 Å². The van der Waals surface area contributed by atoms with Gasteiger partial charge in [-0.05, 0) is 61.6 Å². The first-order valence-corrected chi connectivity index (χ1v) is 12.6. The Balaban J connectivity index is 1.81. The summed E-state index contributed by atoms with van der Waals surface area (Å²) >= 11 is 0. The molecule has 0 N–H and O–H groups in total. The average Bonchev–Trinajstić information content (AvgIpc) is 3.09. The third-order valence-electron chi connectivity index (χ3n) is 6.61. The van der Waals surface area contributed by atoms with Crippen molar-refractivity contribution in [2.75, 3.05) is 13.2 Å². The van der Waals surface area contributed by atoms with E-state index in [1.54, 1.807) is 0 Å². The zero-order valence-corrected chi connectivity index (χ0v) is 20.8. The van der Waals surface area contributed by atoms with Crippen LogP contribution in [0.1, 0.15) is 91.2 Å². The second kappa shape index (κ2) is 10.5. The highest BCUT2D eigenvalue weighted by atomic mass is 16.5. The average molecular weight is 462 g/mol. The first kappa shape index (κ1) is 24.1. The van der Waals surface area contributed by atoms with Gasteiger partial charge in [-0.15, -0.1) is 0 Å². The molecule has 1 aliphatic rings. The maximum absolute atomic E-state index is 13.8. The van der Waals surface area contributed by atoms with Gasteiger partial charge in [-0.1, -0.05) is 57.7 Å². The van der Waals surface area contributed by atoms with Crippen LogP contribution < -0.4 is 10.2 Å². The molecule has 0 fully saturated rings. The number of hydrogen-bond acceptors (Lipinski definition) is 4. The first-order chi connectivity index (χ1) is 16.5. The van der Waals surface area contributed by atoms with E-state index in [9.17, 15) is 9.59 Å². The Morgan fingerprint density at radius 2 is 1.74 bits per heavy atom. The van der Waals surface area contributed by atoms with Crippen LogP contribution in [0.15, 0.2) is 45.6 Å². The number of rotatable bonds is 10. The molecule has 0 saturated carbocycles. The normalized spacial score (nSPS) is 15.2. The van der Waals surface area contributed by atoms with Crippen molar-refractivity contribution in [1.82, 2.24) is 4.90 Å². The van der Waals surface area contributed by atoms with Gasteiger partial charge < -0.3 is 14.1 Å². The molecule has 5 heteroatoms. The lowest BCUT2D eigenvalue weighted by molar-refractivity contribution is 0.0724. The van der Waals surface area contributed by atoms with Gasteiger partial charge in [-0.3, -0.25) is 9.59 Å². The van der Waals surface area contributed by atoms with Gasteiger partial charge >= 0.3 is 0 Å². The predicted octanol–water partition coefficient (Wildman–Crippen LogP) is 6.71. The smallest absolute Gasteiger partial charge is 0.290 e. The van der Waals surface area contributed by atoms with E-state index in [4.69, 9.17) is 9.15 Å². The Kier molecular flexibility index (Phi) is 7.40. The third-order valence-corrected chi connectivity index (χ3v) is 6.61. The molecule has 1 amide bonds. The Morgan fingerprint density at radius 1 is 0.971 bits per heavy atom. The number of amides is 1. The van der Waals surface area contributed by atoms with E-state index >= 15 is 0 Å². The molecule has 1 unspecified atom stereocenters. The molecule has 0 bridgehead atoms. The lowest BCUT2D eigenvalue weighted by atomic mass is 9.96. The molecule has 3 aromatic rings. The molecule has 4 rings (SSSR count). The number of unbranched alkanes of at least 4 members (excludes halogenated alkanes) is 4. The van der Waals surface area contributed by atoms with Gasteiger partial charge in [0.25, 0.3) is 5.91 Å². The largest absolute Gasteiger partial charge is 0.494 e. The summed E-state index contributed by atoms with van der Waals surface area (Å²) < 4.78 is 12.1. The lowest BCUT2D eigenvalue weighted by Gasteiger charge is -2.25. The molecule has 2 heterocycles. The monoisotopic (exact) mass is 461 g/mol. The summed E-state index contributed by atoms with van der Waals surface area (Å²) in [5, 5.41) is 0.560. The van der Waals surface area contributed by atoms with Crippen molar-refractivity contribution < 1.29 is 13.9 Å². The number of fused-ring (bicyclic) bond motifs is 2. The van der Waals surface area contributed by atoms with E-state index in [-0.39, 0.29) is 17.1 Å². The van der Waals surface area contributed by atoms with Crippen molar-refractivity contribution in [3.8, 4) is 5.75 Å². The van der Waals surface area contributed by atoms with Gasteiger partial charge in [0.15, 0.2) is 5.43 Å². The van der Waals surface area contributed by atoms with Crippen LogP contribution in [0.25, 0.3) is 11.0 Å². The van der Waals surface area contributed by atoms with E-state index in [0.717, 1.165) is 61.0 Å². The van der Waals surface area contributed by atoms with E-state index in [2.05, 4.69) is 13.8 Å². The fraction of sp³-hybridized carbons (Fsp3) is 0.448. The van der Waals surface area contributed by atoms with Crippen LogP contribution in [-0.2, 0) is 0 Å². The van der Waals surface area contributed by atoms with Crippen LogP contribution in [0, 0.1) is 13.8 Å². The minimum absolute atomic E-state index is 0.112. The van der Waals surface area contributed by atoms with Gasteiger partial charge in [-0.25, -0.2) is 0 Å². The van der Waals surface area contributed by atoms with Crippen LogP contribution in [0.3, 0.4) is 0 Å². The molecule has 1 aliphatic heterocycles. The molecule has 1 atom stereocenters. The number of ether oxygens (including phenoxy) is 1. The lowest BCUT2D eigenvalue weighted by Crippen LogP contribution is -2.30. The zero-order chi connectivity index (χ0) is 24.2. The molecule has 0 aliphatic carbocycles. The molecule has 0 saturated heterocycles. The Hall–Kier alpha value is -3.08. The number of carbonyl (C=O) groups is 1. The first-order valence-electron chi connectivity index (χ1n) is 12.6. The summed E-state index contributed by atoms with van der Waals surface area (Å²) in [4.78, 5) is 29.2. The topological polar surface area (TPSA) is 59.8 Å². The molecule has 0 radical (unpaired) electrons. The summed E-state index contributed by atoms with van der Waals surface area (Å²) in [6.07, 6.45) is 6.23. The molecule has 2 aromatic carbocycles. The second-order valence-electron chi connectivity index (χ2n) is 9.37. The molecule has 180 valence electrons. The standard InChI is InChI=1S/C29H35NO4/c1-5-7-9-14-30-26(21-12-11-13-22(18-21)33-15-10-8-6-2)25-27(31)24-20(4)16-19(3)17-23(24)34-28(25)29(30)32/h11-13,16-18,26H,5-10,14-15H2,1-4H3. The molecular formula is C29H35NO4. The fourth-order valence-corrected chi connectivity index (χ4v) is 4.94. The molecule has 5 nitrogen and oxygen atoms in total. The molecule has 34 heavy (non-hydrogen) atoms. The van der Waals surface area contributed by atoms with Crippen molar-refractivity contribution in [2.24, 2.45) is 0 Å². The van der Waals surface area contributed by atoms with Gasteiger partial charge in [0.2, 0.25) is 5.76 Å². The van der Waals surface area contributed by atoms with Crippen molar-refractivity contribution in [3.63, 3.8) is 0 Å². The number of benzene rings is 2. The summed E-state index contributed by atoms with van der Waals surface area (Å²) in [7, 11) is 0. The highest BCUT2D eigenvalue weighted by Gasteiger charge is 2.42. The van der Waals surface area contributed by atoms with Crippen LogP contribution in [0.5, 0.6) is 5.75 Å². The highest BCUT2D eigenvalue weighted by molar-refractivity contribution is 5.99. The van der Waals surface area contributed by atoms with Crippen molar-refractivity contribution >= 4 is 16.9 Å². The van der Waals surface area contributed by atoms with Crippen molar-refractivity contribution in [2.45, 2.75) is 72.3 Å². The summed E-state index contributed by atoms with van der Waals surface area (Å²) in [5.41, 5.74) is 3.58.